The molecular formula is C7H9BrN2O. The second-order valence-electron chi connectivity index (χ2n) is 1.92. The van der Waals surface area contributed by atoms with Crippen LogP contribution in [0.25, 0.3) is 0 Å². The standard InChI is InChI=1S/C7H9BrN2O/c1-7(2,11)5-3-4-9-6(8)10-5/h3-4,11H,1-2H3/i1D3,2D3. The topological polar surface area (TPSA) is 46.0 Å². The molecule has 3 nitrogen and oxygen atoms in total. The zero-order valence-corrected chi connectivity index (χ0v) is 6.96. The Bertz CT molecular complexity index is 404. The van der Waals surface area contributed by atoms with Crippen LogP contribution in [-0.2, 0) is 5.60 Å². The van der Waals surface area contributed by atoms with Crippen LogP contribution in [0.4, 0.5) is 0 Å². The average Bonchev–Trinajstić information content (AvgIpc) is 2.12. The number of hydrogen-bond acceptors (Lipinski definition) is 3. The van der Waals surface area contributed by atoms with Crippen LogP contribution in [0.2, 0.25) is 0 Å². The summed E-state index contributed by atoms with van der Waals surface area (Å²) in [7, 11) is 0. The van der Waals surface area contributed by atoms with E-state index >= 15 is 0 Å². The van der Waals surface area contributed by atoms with E-state index in [2.05, 4.69) is 25.9 Å². The van der Waals surface area contributed by atoms with Gasteiger partial charge in [0.15, 0.2) is 4.73 Å². The number of halogens is 1. The smallest absolute Gasteiger partial charge is 0.196 e. The summed E-state index contributed by atoms with van der Waals surface area (Å²) >= 11 is 2.89. The number of hydrogen-bond donors (Lipinski definition) is 1. The normalized spacial score (nSPS) is 22.0. The highest BCUT2D eigenvalue weighted by Gasteiger charge is 2.17. The van der Waals surface area contributed by atoms with Crippen molar-refractivity contribution in [3.05, 3.63) is 22.7 Å². The van der Waals surface area contributed by atoms with Gasteiger partial charge in [-0.3, -0.25) is 0 Å². The van der Waals surface area contributed by atoms with Gasteiger partial charge in [0.1, 0.15) is 5.60 Å². The van der Waals surface area contributed by atoms with E-state index in [1.807, 2.05) is 0 Å². The summed E-state index contributed by atoms with van der Waals surface area (Å²) in [6.07, 6.45) is 1.16. The van der Waals surface area contributed by atoms with Crippen LogP contribution in [0, 0.1) is 0 Å². The highest BCUT2D eigenvalue weighted by Crippen LogP contribution is 2.17. The third-order valence-corrected chi connectivity index (χ3v) is 1.38. The predicted molar refractivity (Wildman–Crippen MR) is 45.0 cm³/mol. The van der Waals surface area contributed by atoms with Gasteiger partial charge in [-0.1, -0.05) is 0 Å². The molecule has 60 valence electrons. The molecule has 0 saturated carbocycles. The van der Waals surface area contributed by atoms with Crippen LogP contribution >= 0.6 is 15.9 Å². The van der Waals surface area contributed by atoms with Crippen molar-refractivity contribution >= 4 is 15.9 Å². The predicted octanol–water partition coefficient (Wildman–Crippen LogP) is 1.47. The Hall–Kier alpha value is -0.480. The maximum absolute atomic E-state index is 10.0. The van der Waals surface area contributed by atoms with E-state index in [-0.39, 0.29) is 4.73 Å². The van der Waals surface area contributed by atoms with Gasteiger partial charge in [0.2, 0.25) is 0 Å². The van der Waals surface area contributed by atoms with Gasteiger partial charge in [-0.05, 0) is 35.7 Å². The number of rotatable bonds is 1. The first-order valence-electron chi connectivity index (χ1n) is 5.71. The van der Waals surface area contributed by atoms with Crippen molar-refractivity contribution in [2.45, 2.75) is 19.3 Å². The fourth-order valence-electron chi connectivity index (χ4n) is 0.536. The summed E-state index contributed by atoms with van der Waals surface area (Å²) < 4.78 is 43.2. The Kier molecular flexibility index (Phi) is 0.911. The van der Waals surface area contributed by atoms with E-state index in [1.54, 1.807) is 0 Å². The lowest BCUT2D eigenvalue weighted by Crippen LogP contribution is -2.17. The van der Waals surface area contributed by atoms with Crippen molar-refractivity contribution < 1.29 is 13.3 Å². The molecule has 0 radical (unpaired) electrons. The molecule has 0 bridgehead atoms. The quantitative estimate of drug-likeness (QED) is 0.733. The van der Waals surface area contributed by atoms with Crippen molar-refractivity contribution in [1.29, 1.82) is 0 Å². The largest absolute Gasteiger partial charge is 0.384 e. The van der Waals surface area contributed by atoms with E-state index < -0.39 is 25.0 Å². The molecule has 1 heterocycles. The van der Waals surface area contributed by atoms with E-state index in [1.165, 1.54) is 0 Å². The van der Waals surface area contributed by atoms with Crippen LogP contribution in [0.3, 0.4) is 0 Å². The van der Waals surface area contributed by atoms with Gasteiger partial charge in [0.05, 0.1) is 5.69 Å². The minimum Gasteiger partial charge on any atom is -0.384 e. The van der Waals surface area contributed by atoms with Crippen molar-refractivity contribution in [2.75, 3.05) is 0 Å². The maximum atomic E-state index is 10.0. The third-order valence-electron chi connectivity index (χ3n) is 0.997. The van der Waals surface area contributed by atoms with E-state index in [4.69, 9.17) is 8.22 Å². The Balaban J connectivity index is 3.46. The molecule has 0 spiro atoms. The summed E-state index contributed by atoms with van der Waals surface area (Å²) in [6, 6.07) is 1.06. The lowest BCUT2D eigenvalue weighted by molar-refractivity contribution is 0.0735. The second kappa shape index (κ2) is 2.87. The van der Waals surface area contributed by atoms with Crippen LogP contribution in [-0.4, -0.2) is 15.1 Å². The Morgan fingerprint density at radius 1 is 1.73 bits per heavy atom. The molecule has 11 heavy (non-hydrogen) atoms. The zero-order chi connectivity index (χ0) is 13.5. The molecule has 1 aromatic rings. The van der Waals surface area contributed by atoms with E-state index in [0.29, 0.717) is 0 Å². The highest BCUT2D eigenvalue weighted by molar-refractivity contribution is 9.10. The Morgan fingerprint density at radius 2 is 2.45 bits per heavy atom. The van der Waals surface area contributed by atoms with Gasteiger partial charge in [-0.25, -0.2) is 9.97 Å². The van der Waals surface area contributed by atoms with Crippen molar-refractivity contribution in [1.82, 2.24) is 9.97 Å². The molecule has 1 rings (SSSR count). The average molecular weight is 223 g/mol. The molecule has 0 aliphatic rings. The minimum absolute atomic E-state index is 0.00178. The van der Waals surface area contributed by atoms with Gasteiger partial charge >= 0.3 is 0 Å². The van der Waals surface area contributed by atoms with Crippen LogP contribution in [0.15, 0.2) is 17.0 Å². The maximum Gasteiger partial charge on any atom is 0.196 e. The first-order valence-corrected chi connectivity index (χ1v) is 3.51. The first kappa shape index (κ1) is 3.49. The lowest BCUT2D eigenvalue weighted by atomic mass is 10.1. The minimum atomic E-state index is -3.13. The van der Waals surface area contributed by atoms with Gasteiger partial charge < -0.3 is 5.11 Å². The zero-order valence-electron chi connectivity index (χ0n) is 11.4. The molecule has 0 aliphatic heterocycles. The fourth-order valence-corrected chi connectivity index (χ4v) is 0.846. The highest BCUT2D eigenvalue weighted by atomic mass is 79.9. The van der Waals surface area contributed by atoms with Gasteiger partial charge in [0, 0.05) is 14.4 Å². The molecule has 4 heteroatoms. The molecule has 0 amide bonds. The monoisotopic (exact) mass is 222 g/mol. The van der Waals surface area contributed by atoms with Crippen molar-refractivity contribution in [3.63, 3.8) is 0 Å². The van der Waals surface area contributed by atoms with Crippen molar-refractivity contribution in [3.8, 4) is 0 Å². The van der Waals surface area contributed by atoms with Crippen molar-refractivity contribution in [2.24, 2.45) is 0 Å². The van der Waals surface area contributed by atoms with Gasteiger partial charge in [-0.15, -0.1) is 0 Å². The third kappa shape index (κ3) is 2.24. The summed E-state index contributed by atoms with van der Waals surface area (Å²) in [4.78, 5) is 7.26. The SMILES string of the molecule is [2H]C([2H])([2H])C(O)(c1ccnc(Br)n1)C([2H])([2H])[2H]. The summed E-state index contributed by atoms with van der Waals surface area (Å²) in [5.74, 6) is 0. The van der Waals surface area contributed by atoms with Gasteiger partial charge in [-0.2, -0.15) is 0 Å². The number of nitrogens with zero attached hydrogens (tertiary/aromatic N) is 2. The molecule has 0 aliphatic carbocycles. The molecule has 0 aromatic carbocycles. The molecular weight excluding hydrogens is 208 g/mol. The summed E-state index contributed by atoms with van der Waals surface area (Å²) in [6.45, 7) is -6.27. The molecule has 0 fully saturated rings. The summed E-state index contributed by atoms with van der Waals surface area (Å²) in [5.41, 5.74) is -3.50. The van der Waals surface area contributed by atoms with E-state index in [9.17, 15) is 5.11 Å². The Labute approximate surface area is 82.1 Å². The van der Waals surface area contributed by atoms with Crippen LogP contribution in [0.1, 0.15) is 27.6 Å². The number of aromatic nitrogens is 2. The molecule has 0 saturated heterocycles. The van der Waals surface area contributed by atoms with E-state index in [0.717, 1.165) is 12.3 Å². The van der Waals surface area contributed by atoms with Crippen LogP contribution < -0.4 is 0 Å². The molecule has 1 N–H and O–H groups in total. The lowest BCUT2D eigenvalue weighted by Gasteiger charge is -2.15. The second-order valence-corrected chi connectivity index (χ2v) is 2.63. The molecule has 0 atom stereocenters. The van der Waals surface area contributed by atoms with Gasteiger partial charge in [0.25, 0.3) is 0 Å². The molecule has 0 unspecified atom stereocenters. The molecule has 1 aromatic heterocycles. The fraction of sp³-hybridized carbons (Fsp3) is 0.429. The summed E-state index contributed by atoms with van der Waals surface area (Å²) in [5, 5.41) is 10.0. The van der Waals surface area contributed by atoms with Crippen LogP contribution in [0.5, 0.6) is 0 Å². The Morgan fingerprint density at radius 3 is 3.00 bits per heavy atom. The first-order chi connectivity index (χ1) is 7.50. The number of aliphatic hydroxyl groups is 1.